The standard InChI is InChI=1S/C11H17N3O2.C2H6/c1-10(2,3)9-14-13-8(16-9)7(15)12-11(4)5-6-11;1-2/h5-6H2,1-4H3,(H,12,15);1-2H3. The van der Waals surface area contributed by atoms with Gasteiger partial charge in [-0.05, 0) is 19.8 Å². The minimum atomic E-state index is -0.275. The number of carbonyl (C=O) groups excluding carboxylic acids is 1. The maximum atomic E-state index is 11.7. The predicted molar refractivity (Wildman–Crippen MR) is 69.5 cm³/mol. The fourth-order valence-electron chi connectivity index (χ4n) is 1.26. The van der Waals surface area contributed by atoms with Gasteiger partial charge in [-0.2, -0.15) is 0 Å². The molecule has 1 saturated carbocycles. The number of nitrogens with one attached hydrogen (secondary N) is 1. The Hall–Kier alpha value is -1.39. The molecule has 0 bridgehead atoms. The Bertz CT molecular complexity index is 414. The van der Waals surface area contributed by atoms with Crippen LogP contribution >= 0.6 is 0 Å². The zero-order chi connectivity index (χ0) is 14.0. The molecule has 1 aliphatic carbocycles. The molecule has 1 amide bonds. The zero-order valence-electron chi connectivity index (χ0n) is 12.1. The van der Waals surface area contributed by atoms with E-state index in [1.807, 2.05) is 41.5 Å². The molecular weight excluding hydrogens is 230 g/mol. The van der Waals surface area contributed by atoms with Gasteiger partial charge in [-0.15, -0.1) is 10.2 Å². The highest BCUT2D eigenvalue weighted by Gasteiger charge is 2.40. The minimum Gasteiger partial charge on any atom is -0.416 e. The molecule has 0 aromatic carbocycles. The molecule has 1 aromatic heterocycles. The van der Waals surface area contributed by atoms with E-state index in [9.17, 15) is 4.79 Å². The van der Waals surface area contributed by atoms with Gasteiger partial charge < -0.3 is 9.73 Å². The van der Waals surface area contributed by atoms with Crippen LogP contribution in [0.25, 0.3) is 0 Å². The maximum Gasteiger partial charge on any atom is 0.309 e. The summed E-state index contributed by atoms with van der Waals surface area (Å²) in [6.07, 6.45) is 2.03. The van der Waals surface area contributed by atoms with Crippen molar-refractivity contribution in [2.45, 2.75) is 65.3 Å². The summed E-state index contributed by atoms with van der Waals surface area (Å²) >= 11 is 0. The Labute approximate surface area is 108 Å². The van der Waals surface area contributed by atoms with Crippen molar-refractivity contribution >= 4 is 5.91 Å². The number of amides is 1. The van der Waals surface area contributed by atoms with Crippen LogP contribution in [0, 0.1) is 0 Å². The van der Waals surface area contributed by atoms with E-state index in [0.29, 0.717) is 5.89 Å². The van der Waals surface area contributed by atoms with E-state index in [4.69, 9.17) is 4.42 Å². The second kappa shape index (κ2) is 5.08. The van der Waals surface area contributed by atoms with Crippen LogP contribution in [0.3, 0.4) is 0 Å². The number of rotatable bonds is 2. The van der Waals surface area contributed by atoms with Crippen molar-refractivity contribution in [1.29, 1.82) is 0 Å². The predicted octanol–water partition coefficient (Wildman–Crippen LogP) is 2.68. The van der Waals surface area contributed by atoms with E-state index in [2.05, 4.69) is 15.5 Å². The smallest absolute Gasteiger partial charge is 0.309 e. The molecule has 0 unspecified atom stereocenters. The topological polar surface area (TPSA) is 68.0 Å². The number of nitrogens with zero attached hydrogens (tertiary/aromatic N) is 2. The van der Waals surface area contributed by atoms with Gasteiger partial charge in [0.15, 0.2) is 0 Å². The molecule has 0 atom stereocenters. The van der Waals surface area contributed by atoms with Crippen LogP contribution in [0.5, 0.6) is 0 Å². The van der Waals surface area contributed by atoms with Gasteiger partial charge in [0.1, 0.15) is 0 Å². The fourth-order valence-corrected chi connectivity index (χ4v) is 1.26. The summed E-state index contributed by atoms with van der Waals surface area (Å²) in [7, 11) is 0. The van der Waals surface area contributed by atoms with Gasteiger partial charge in [-0.1, -0.05) is 34.6 Å². The van der Waals surface area contributed by atoms with Crippen LogP contribution in [0.1, 0.15) is 71.0 Å². The van der Waals surface area contributed by atoms with E-state index in [-0.39, 0.29) is 22.8 Å². The lowest BCUT2D eigenvalue weighted by Crippen LogP contribution is -2.34. The van der Waals surface area contributed by atoms with Crippen LogP contribution in [0.15, 0.2) is 4.42 Å². The van der Waals surface area contributed by atoms with Crippen LogP contribution < -0.4 is 5.32 Å². The molecule has 0 radical (unpaired) electrons. The molecular formula is C13H23N3O2. The van der Waals surface area contributed by atoms with Crippen molar-refractivity contribution in [1.82, 2.24) is 15.5 Å². The number of hydrogen-bond acceptors (Lipinski definition) is 4. The van der Waals surface area contributed by atoms with Gasteiger partial charge in [0.25, 0.3) is 0 Å². The molecule has 2 rings (SSSR count). The number of hydrogen-bond donors (Lipinski definition) is 1. The van der Waals surface area contributed by atoms with Crippen LogP contribution in [-0.4, -0.2) is 21.6 Å². The quantitative estimate of drug-likeness (QED) is 0.879. The normalized spacial score (nSPS) is 16.6. The number of carbonyl (C=O) groups is 1. The monoisotopic (exact) mass is 253 g/mol. The molecule has 1 N–H and O–H groups in total. The summed E-state index contributed by atoms with van der Waals surface area (Å²) in [5.41, 5.74) is -0.289. The van der Waals surface area contributed by atoms with E-state index < -0.39 is 0 Å². The second-order valence-corrected chi connectivity index (χ2v) is 5.68. The Balaban J connectivity index is 0.000000771. The third-order valence-corrected chi connectivity index (χ3v) is 2.68. The van der Waals surface area contributed by atoms with E-state index in [0.717, 1.165) is 12.8 Å². The Morgan fingerprint density at radius 2 is 1.83 bits per heavy atom. The van der Waals surface area contributed by atoms with Crippen molar-refractivity contribution in [3.05, 3.63) is 11.8 Å². The third kappa shape index (κ3) is 3.55. The Morgan fingerprint density at radius 1 is 1.28 bits per heavy atom. The largest absolute Gasteiger partial charge is 0.416 e. The first-order valence-corrected chi connectivity index (χ1v) is 6.47. The first-order valence-electron chi connectivity index (χ1n) is 6.47. The van der Waals surface area contributed by atoms with Gasteiger partial charge in [0.05, 0.1) is 0 Å². The highest BCUT2D eigenvalue weighted by molar-refractivity contribution is 5.90. The van der Waals surface area contributed by atoms with Gasteiger partial charge in [0, 0.05) is 11.0 Å². The van der Waals surface area contributed by atoms with Crippen LogP contribution in [0.4, 0.5) is 0 Å². The molecule has 102 valence electrons. The first-order chi connectivity index (χ1) is 8.30. The molecule has 0 saturated heterocycles. The molecule has 18 heavy (non-hydrogen) atoms. The summed E-state index contributed by atoms with van der Waals surface area (Å²) < 4.78 is 5.35. The van der Waals surface area contributed by atoms with Crippen LogP contribution in [-0.2, 0) is 5.41 Å². The third-order valence-electron chi connectivity index (χ3n) is 2.68. The van der Waals surface area contributed by atoms with Crippen molar-refractivity contribution in [2.75, 3.05) is 0 Å². The van der Waals surface area contributed by atoms with Crippen LogP contribution in [0.2, 0.25) is 0 Å². The molecule has 1 fully saturated rings. The molecule has 0 spiro atoms. The fraction of sp³-hybridized carbons (Fsp3) is 0.769. The van der Waals surface area contributed by atoms with Crippen molar-refractivity contribution in [3.8, 4) is 0 Å². The van der Waals surface area contributed by atoms with E-state index >= 15 is 0 Å². The summed E-state index contributed by atoms with van der Waals surface area (Å²) in [6.45, 7) is 11.9. The molecule has 1 heterocycles. The lowest BCUT2D eigenvalue weighted by molar-refractivity contribution is 0.0897. The highest BCUT2D eigenvalue weighted by atomic mass is 16.4. The summed E-state index contributed by atoms with van der Waals surface area (Å²) in [5.74, 6) is 0.264. The molecule has 1 aliphatic rings. The van der Waals surface area contributed by atoms with Crippen molar-refractivity contribution in [3.63, 3.8) is 0 Å². The summed E-state index contributed by atoms with van der Waals surface area (Å²) in [6, 6.07) is 0. The molecule has 5 heteroatoms. The van der Waals surface area contributed by atoms with Crippen molar-refractivity contribution < 1.29 is 9.21 Å². The SMILES string of the molecule is CC.CC1(NC(=O)c2nnc(C(C)(C)C)o2)CC1. The van der Waals surface area contributed by atoms with Crippen molar-refractivity contribution in [2.24, 2.45) is 0 Å². The first kappa shape index (κ1) is 14.7. The molecule has 0 aliphatic heterocycles. The van der Waals surface area contributed by atoms with Gasteiger partial charge in [-0.25, -0.2) is 0 Å². The molecule has 5 nitrogen and oxygen atoms in total. The van der Waals surface area contributed by atoms with E-state index in [1.165, 1.54) is 0 Å². The average molecular weight is 253 g/mol. The summed E-state index contributed by atoms with van der Waals surface area (Å²) in [5, 5.41) is 10.5. The Morgan fingerprint density at radius 3 is 2.22 bits per heavy atom. The Kier molecular flexibility index (Phi) is 4.14. The minimum absolute atomic E-state index is 0.0537. The van der Waals surface area contributed by atoms with Gasteiger partial charge >= 0.3 is 11.8 Å². The average Bonchev–Trinajstić information content (AvgIpc) is 2.85. The maximum absolute atomic E-state index is 11.7. The van der Waals surface area contributed by atoms with Gasteiger partial charge in [0.2, 0.25) is 5.89 Å². The zero-order valence-corrected chi connectivity index (χ0v) is 12.1. The van der Waals surface area contributed by atoms with E-state index in [1.54, 1.807) is 0 Å². The van der Waals surface area contributed by atoms with Gasteiger partial charge in [-0.3, -0.25) is 4.79 Å². The highest BCUT2D eigenvalue weighted by Crippen LogP contribution is 2.34. The summed E-state index contributed by atoms with van der Waals surface area (Å²) in [4.78, 5) is 11.7. The lowest BCUT2D eigenvalue weighted by atomic mass is 9.97. The lowest BCUT2D eigenvalue weighted by Gasteiger charge is -2.11. The number of aromatic nitrogens is 2. The molecule has 1 aromatic rings. The second-order valence-electron chi connectivity index (χ2n) is 5.68.